The summed E-state index contributed by atoms with van der Waals surface area (Å²) in [5, 5.41) is 18.2. The Kier molecular flexibility index (Phi) is 5.62. The Balaban J connectivity index is 1.90. The van der Waals surface area contributed by atoms with Crippen molar-refractivity contribution >= 4 is 5.97 Å². The number of aromatic hydroxyl groups is 1. The molecule has 0 spiro atoms. The van der Waals surface area contributed by atoms with Crippen LogP contribution in [0.4, 0.5) is 0 Å². The van der Waals surface area contributed by atoms with Gasteiger partial charge in [-0.05, 0) is 62.4 Å². The maximum atomic E-state index is 10.6. The molecule has 1 saturated heterocycles. The first kappa shape index (κ1) is 15.8. The van der Waals surface area contributed by atoms with E-state index in [0.29, 0.717) is 24.1 Å². The molecule has 0 aliphatic carbocycles. The molecule has 4 heteroatoms. The maximum Gasteiger partial charge on any atom is 0.303 e. The molecule has 0 aromatic heterocycles. The average Bonchev–Trinajstić information content (AvgIpc) is 2.49. The van der Waals surface area contributed by atoms with Crippen molar-refractivity contribution in [1.29, 1.82) is 0 Å². The molecule has 1 aliphatic heterocycles. The van der Waals surface area contributed by atoms with Gasteiger partial charge in [0, 0.05) is 12.5 Å². The molecule has 0 amide bonds. The fraction of sp³-hybridized carbons (Fsp3) is 0.588. The molecule has 2 rings (SSSR count). The fourth-order valence-electron chi connectivity index (χ4n) is 3.28. The number of piperidine rings is 1. The van der Waals surface area contributed by atoms with Gasteiger partial charge >= 0.3 is 5.97 Å². The summed E-state index contributed by atoms with van der Waals surface area (Å²) in [7, 11) is 0. The van der Waals surface area contributed by atoms with E-state index >= 15 is 0 Å². The highest BCUT2D eigenvalue weighted by Gasteiger charge is 2.25. The van der Waals surface area contributed by atoms with E-state index in [4.69, 9.17) is 5.11 Å². The number of phenolic OH excluding ortho intramolecular Hbond substituents is 1. The quantitative estimate of drug-likeness (QED) is 0.843. The summed E-state index contributed by atoms with van der Waals surface area (Å²) in [5.74, 6) is 0.170. The molecule has 0 saturated carbocycles. The van der Waals surface area contributed by atoms with Gasteiger partial charge in [-0.1, -0.05) is 19.1 Å². The largest absolute Gasteiger partial charge is 0.508 e. The van der Waals surface area contributed by atoms with Crippen molar-refractivity contribution < 1.29 is 15.0 Å². The van der Waals surface area contributed by atoms with Gasteiger partial charge in [0.2, 0.25) is 0 Å². The van der Waals surface area contributed by atoms with Crippen molar-refractivity contribution in [3.05, 3.63) is 29.8 Å². The number of benzene rings is 1. The van der Waals surface area contributed by atoms with Crippen molar-refractivity contribution in [3.63, 3.8) is 0 Å². The number of hydrogen-bond donors (Lipinski definition) is 2. The molecule has 1 heterocycles. The van der Waals surface area contributed by atoms with E-state index in [1.54, 1.807) is 12.1 Å². The van der Waals surface area contributed by atoms with Gasteiger partial charge in [-0.2, -0.15) is 0 Å². The van der Waals surface area contributed by atoms with E-state index in [-0.39, 0.29) is 0 Å². The van der Waals surface area contributed by atoms with Gasteiger partial charge < -0.3 is 10.2 Å². The van der Waals surface area contributed by atoms with Crippen LogP contribution < -0.4 is 0 Å². The number of nitrogens with zero attached hydrogens (tertiary/aromatic N) is 1. The Hall–Kier alpha value is -1.55. The van der Waals surface area contributed by atoms with E-state index < -0.39 is 5.97 Å². The summed E-state index contributed by atoms with van der Waals surface area (Å²) >= 11 is 0. The second-order valence-corrected chi connectivity index (χ2v) is 5.93. The molecule has 0 radical (unpaired) electrons. The summed E-state index contributed by atoms with van der Waals surface area (Å²) < 4.78 is 0. The minimum absolute atomic E-state index is 0.292. The molecule has 4 nitrogen and oxygen atoms in total. The molecule has 116 valence electrons. The van der Waals surface area contributed by atoms with Crippen LogP contribution in [0, 0.1) is 5.92 Å². The maximum absolute atomic E-state index is 10.6. The number of rotatable bonds is 6. The topological polar surface area (TPSA) is 60.8 Å². The lowest BCUT2D eigenvalue weighted by atomic mass is 9.90. The molecule has 0 bridgehead atoms. The molecule has 1 unspecified atom stereocenters. The fourth-order valence-corrected chi connectivity index (χ4v) is 3.28. The predicted molar refractivity (Wildman–Crippen MR) is 82.3 cm³/mol. The first-order chi connectivity index (χ1) is 10.1. The van der Waals surface area contributed by atoms with Crippen LogP contribution in [0.25, 0.3) is 0 Å². The van der Waals surface area contributed by atoms with Crippen LogP contribution in [0.1, 0.15) is 50.6 Å². The van der Waals surface area contributed by atoms with Crippen molar-refractivity contribution in [2.24, 2.45) is 5.92 Å². The average molecular weight is 291 g/mol. The van der Waals surface area contributed by atoms with E-state index in [2.05, 4.69) is 11.8 Å². The molecular weight excluding hydrogens is 266 g/mol. The van der Waals surface area contributed by atoms with E-state index in [1.165, 1.54) is 5.56 Å². The SMILES string of the molecule is CCC(c1ccc(O)cc1)N1CCC(CCC(=O)O)CC1. The highest BCUT2D eigenvalue weighted by atomic mass is 16.4. The number of carboxylic acids is 1. The van der Waals surface area contributed by atoms with E-state index in [0.717, 1.165) is 38.8 Å². The molecule has 1 aromatic rings. The van der Waals surface area contributed by atoms with Gasteiger partial charge in [0.25, 0.3) is 0 Å². The number of hydrogen-bond acceptors (Lipinski definition) is 3. The minimum Gasteiger partial charge on any atom is -0.508 e. The second-order valence-electron chi connectivity index (χ2n) is 5.93. The van der Waals surface area contributed by atoms with Gasteiger partial charge in [-0.3, -0.25) is 9.69 Å². The van der Waals surface area contributed by atoms with Crippen molar-refractivity contribution in [2.75, 3.05) is 13.1 Å². The zero-order chi connectivity index (χ0) is 15.2. The van der Waals surface area contributed by atoms with E-state index in [1.807, 2.05) is 12.1 Å². The van der Waals surface area contributed by atoms with Crippen LogP contribution in [0.5, 0.6) is 5.75 Å². The number of phenols is 1. The van der Waals surface area contributed by atoms with Crippen molar-refractivity contribution in [3.8, 4) is 5.75 Å². The Morgan fingerprint density at radius 1 is 1.29 bits per heavy atom. The first-order valence-electron chi connectivity index (χ1n) is 7.85. The molecule has 2 N–H and O–H groups in total. The van der Waals surface area contributed by atoms with Crippen molar-refractivity contribution in [1.82, 2.24) is 4.90 Å². The first-order valence-corrected chi connectivity index (χ1v) is 7.85. The highest BCUT2D eigenvalue weighted by molar-refractivity contribution is 5.66. The minimum atomic E-state index is -0.687. The van der Waals surface area contributed by atoms with Crippen LogP contribution >= 0.6 is 0 Å². The third kappa shape index (κ3) is 4.46. The monoisotopic (exact) mass is 291 g/mol. The van der Waals surface area contributed by atoms with Gasteiger partial charge in [-0.15, -0.1) is 0 Å². The number of aliphatic carboxylic acids is 1. The van der Waals surface area contributed by atoms with Gasteiger partial charge in [0.15, 0.2) is 0 Å². The van der Waals surface area contributed by atoms with Gasteiger partial charge in [-0.25, -0.2) is 0 Å². The zero-order valence-corrected chi connectivity index (χ0v) is 12.7. The standard InChI is InChI=1S/C17H25NO3/c1-2-16(14-4-6-15(19)7-5-14)18-11-9-13(10-12-18)3-8-17(20)21/h4-7,13,16,19H,2-3,8-12H2,1H3,(H,20,21). The Morgan fingerprint density at radius 2 is 1.90 bits per heavy atom. The molecule has 1 aromatic carbocycles. The lowest BCUT2D eigenvalue weighted by Crippen LogP contribution is -2.36. The Labute approximate surface area is 126 Å². The molecule has 1 aliphatic rings. The summed E-state index contributed by atoms with van der Waals surface area (Å²) in [6.45, 7) is 4.25. The Morgan fingerprint density at radius 3 is 2.43 bits per heavy atom. The van der Waals surface area contributed by atoms with Crippen LogP contribution in [0.15, 0.2) is 24.3 Å². The van der Waals surface area contributed by atoms with Crippen LogP contribution in [0.3, 0.4) is 0 Å². The number of carbonyl (C=O) groups is 1. The van der Waals surface area contributed by atoms with Crippen LogP contribution in [0.2, 0.25) is 0 Å². The smallest absolute Gasteiger partial charge is 0.303 e. The lowest BCUT2D eigenvalue weighted by Gasteiger charge is -2.37. The van der Waals surface area contributed by atoms with Crippen LogP contribution in [-0.4, -0.2) is 34.2 Å². The molecule has 1 atom stereocenters. The summed E-state index contributed by atoms with van der Waals surface area (Å²) in [5.41, 5.74) is 1.25. The van der Waals surface area contributed by atoms with Gasteiger partial charge in [0.1, 0.15) is 5.75 Å². The lowest BCUT2D eigenvalue weighted by molar-refractivity contribution is -0.137. The highest BCUT2D eigenvalue weighted by Crippen LogP contribution is 2.31. The van der Waals surface area contributed by atoms with Crippen molar-refractivity contribution in [2.45, 2.75) is 45.1 Å². The van der Waals surface area contributed by atoms with E-state index in [9.17, 15) is 9.90 Å². The molecule has 21 heavy (non-hydrogen) atoms. The summed E-state index contributed by atoms with van der Waals surface area (Å²) in [4.78, 5) is 13.1. The summed E-state index contributed by atoms with van der Waals surface area (Å²) in [6.07, 6.45) is 4.31. The third-order valence-electron chi connectivity index (χ3n) is 4.52. The third-order valence-corrected chi connectivity index (χ3v) is 4.52. The number of likely N-dealkylation sites (tertiary alicyclic amines) is 1. The van der Waals surface area contributed by atoms with Gasteiger partial charge in [0.05, 0.1) is 0 Å². The molecular formula is C17H25NO3. The normalized spacial score (nSPS) is 18.5. The zero-order valence-electron chi connectivity index (χ0n) is 12.7. The second kappa shape index (κ2) is 7.46. The predicted octanol–water partition coefficient (Wildman–Crippen LogP) is 3.42. The summed E-state index contributed by atoms with van der Waals surface area (Å²) in [6, 6.07) is 7.89. The van der Waals surface area contributed by atoms with Crippen LogP contribution in [-0.2, 0) is 4.79 Å². The number of carboxylic acid groups (broad SMARTS) is 1. The molecule has 1 fully saturated rings. The Bertz CT molecular complexity index is 450.